The van der Waals surface area contributed by atoms with E-state index in [1.165, 1.54) is 11.1 Å². The van der Waals surface area contributed by atoms with Gasteiger partial charge in [0.15, 0.2) is 0 Å². The molecule has 0 saturated carbocycles. The molecular formula is C13H18BrNO. The van der Waals surface area contributed by atoms with Gasteiger partial charge in [-0.15, -0.1) is 0 Å². The molecule has 0 fully saturated rings. The van der Waals surface area contributed by atoms with Crippen LogP contribution in [0.1, 0.15) is 35.7 Å². The van der Waals surface area contributed by atoms with E-state index in [0.29, 0.717) is 10.7 Å². The summed E-state index contributed by atoms with van der Waals surface area (Å²) in [7, 11) is 0. The van der Waals surface area contributed by atoms with Crippen molar-refractivity contribution in [2.24, 2.45) is 0 Å². The maximum Gasteiger partial charge on any atom is 0.119 e. The molecule has 1 aromatic carbocycles. The second-order valence-electron chi connectivity index (χ2n) is 4.25. The Hall–Kier alpha value is -0.540. The average Bonchev–Trinajstić information content (AvgIpc) is 2.41. The predicted molar refractivity (Wildman–Crippen MR) is 70.6 cm³/mol. The van der Waals surface area contributed by atoms with Crippen LogP contribution in [0.15, 0.2) is 18.2 Å². The standard InChI is InChI=1S/C13H18BrNO/c1-3-16-10-4-5-11-9(2)7-15-8-13(14)12(11)6-10/h4-6,9,13,15H,3,7-8H2,1-2H3. The minimum absolute atomic E-state index is 0.382. The summed E-state index contributed by atoms with van der Waals surface area (Å²) in [6.07, 6.45) is 0. The van der Waals surface area contributed by atoms with Crippen molar-refractivity contribution in [1.82, 2.24) is 5.32 Å². The maximum absolute atomic E-state index is 5.56. The third-order valence-electron chi connectivity index (χ3n) is 3.01. The largest absolute Gasteiger partial charge is 0.494 e. The Balaban J connectivity index is 2.37. The molecule has 0 amide bonds. The maximum atomic E-state index is 5.56. The third-order valence-corrected chi connectivity index (χ3v) is 3.83. The molecule has 1 aromatic rings. The van der Waals surface area contributed by atoms with E-state index < -0.39 is 0 Å². The lowest BCUT2D eigenvalue weighted by Crippen LogP contribution is -2.19. The highest BCUT2D eigenvalue weighted by Crippen LogP contribution is 2.34. The minimum Gasteiger partial charge on any atom is -0.494 e. The summed E-state index contributed by atoms with van der Waals surface area (Å²) in [5.74, 6) is 1.54. The van der Waals surface area contributed by atoms with Gasteiger partial charge in [-0.05, 0) is 36.1 Å². The molecule has 0 aliphatic carbocycles. The van der Waals surface area contributed by atoms with Crippen molar-refractivity contribution in [3.05, 3.63) is 29.3 Å². The van der Waals surface area contributed by atoms with Crippen LogP contribution >= 0.6 is 15.9 Å². The summed E-state index contributed by atoms with van der Waals surface area (Å²) in [5, 5.41) is 3.46. The third kappa shape index (κ3) is 2.41. The summed E-state index contributed by atoms with van der Waals surface area (Å²) in [6.45, 7) is 7.02. The molecule has 2 nitrogen and oxygen atoms in total. The van der Waals surface area contributed by atoms with Crippen molar-refractivity contribution < 1.29 is 4.74 Å². The molecule has 1 N–H and O–H groups in total. The zero-order chi connectivity index (χ0) is 11.5. The number of ether oxygens (including phenoxy) is 1. The van der Waals surface area contributed by atoms with E-state index in [4.69, 9.17) is 4.74 Å². The van der Waals surface area contributed by atoms with Crippen LogP contribution in [0.5, 0.6) is 5.75 Å². The van der Waals surface area contributed by atoms with Crippen LogP contribution in [0.3, 0.4) is 0 Å². The predicted octanol–water partition coefficient (Wildman–Crippen LogP) is 3.23. The lowest BCUT2D eigenvalue weighted by atomic mass is 9.95. The molecule has 3 heteroatoms. The normalized spacial score (nSPS) is 24.7. The Kier molecular flexibility index (Phi) is 3.87. The quantitative estimate of drug-likeness (QED) is 0.842. The first-order valence-electron chi connectivity index (χ1n) is 5.83. The number of rotatable bonds is 2. The summed E-state index contributed by atoms with van der Waals surface area (Å²) in [4.78, 5) is 0.382. The van der Waals surface area contributed by atoms with Gasteiger partial charge in [0, 0.05) is 13.1 Å². The Labute approximate surface area is 106 Å². The van der Waals surface area contributed by atoms with Crippen LogP contribution in [0.4, 0.5) is 0 Å². The molecule has 0 spiro atoms. The lowest BCUT2D eigenvalue weighted by Gasteiger charge is -2.15. The Morgan fingerprint density at radius 3 is 2.94 bits per heavy atom. The van der Waals surface area contributed by atoms with Crippen molar-refractivity contribution in [3.63, 3.8) is 0 Å². The summed E-state index contributed by atoms with van der Waals surface area (Å²) in [6, 6.07) is 6.44. The molecule has 0 aromatic heterocycles. The summed E-state index contributed by atoms with van der Waals surface area (Å²) >= 11 is 3.73. The number of alkyl halides is 1. The second kappa shape index (κ2) is 5.19. The summed E-state index contributed by atoms with van der Waals surface area (Å²) < 4.78 is 5.56. The number of halogens is 1. The molecule has 16 heavy (non-hydrogen) atoms. The fraction of sp³-hybridized carbons (Fsp3) is 0.538. The summed E-state index contributed by atoms with van der Waals surface area (Å²) in [5.41, 5.74) is 2.79. The molecular weight excluding hydrogens is 266 g/mol. The first-order valence-corrected chi connectivity index (χ1v) is 6.75. The molecule has 2 unspecified atom stereocenters. The van der Waals surface area contributed by atoms with E-state index in [2.05, 4.69) is 46.4 Å². The van der Waals surface area contributed by atoms with Gasteiger partial charge in [-0.25, -0.2) is 0 Å². The van der Waals surface area contributed by atoms with Crippen LogP contribution in [0.2, 0.25) is 0 Å². The highest BCUT2D eigenvalue weighted by atomic mass is 79.9. The zero-order valence-electron chi connectivity index (χ0n) is 9.79. The fourth-order valence-electron chi connectivity index (χ4n) is 2.18. The average molecular weight is 284 g/mol. The SMILES string of the molecule is CCOc1ccc2c(c1)C(Br)CNCC2C. The van der Waals surface area contributed by atoms with Gasteiger partial charge >= 0.3 is 0 Å². The van der Waals surface area contributed by atoms with Crippen LogP contribution in [-0.4, -0.2) is 19.7 Å². The Morgan fingerprint density at radius 1 is 1.38 bits per heavy atom. The van der Waals surface area contributed by atoms with Gasteiger partial charge in [0.1, 0.15) is 5.75 Å². The minimum atomic E-state index is 0.382. The Morgan fingerprint density at radius 2 is 2.19 bits per heavy atom. The van der Waals surface area contributed by atoms with Gasteiger partial charge in [-0.3, -0.25) is 0 Å². The smallest absolute Gasteiger partial charge is 0.119 e. The van der Waals surface area contributed by atoms with Crippen molar-refractivity contribution in [1.29, 1.82) is 0 Å². The van der Waals surface area contributed by atoms with E-state index in [0.717, 1.165) is 25.4 Å². The van der Waals surface area contributed by atoms with Gasteiger partial charge in [0.05, 0.1) is 11.4 Å². The second-order valence-corrected chi connectivity index (χ2v) is 5.36. The molecule has 0 radical (unpaired) electrons. The van der Waals surface area contributed by atoms with Gasteiger partial charge in [-0.2, -0.15) is 0 Å². The van der Waals surface area contributed by atoms with Crippen molar-refractivity contribution in [3.8, 4) is 5.75 Å². The number of benzene rings is 1. The molecule has 2 atom stereocenters. The van der Waals surface area contributed by atoms with E-state index in [1.807, 2.05) is 6.92 Å². The zero-order valence-corrected chi connectivity index (χ0v) is 11.4. The van der Waals surface area contributed by atoms with Gasteiger partial charge < -0.3 is 10.1 Å². The van der Waals surface area contributed by atoms with Gasteiger partial charge in [-0.1, -0.05) is 28.9 Å². The number of hydrogen-bond acceptors (Lipinski definition) is 2. The van der Waals surface area contributed by atoms with Crippen molar-refractivity contribution >= 4 is 15.9 Å². The first kappa shape index (κ1) is 11.9. The van der Waals surface area contributed by atoms with Gasteiger partial charge in [0.25, 0.3) is 0 Å². The van der Waals surface area contributed by atoms with Crippen molar-refractivity contribution in [2.45, 2.75) is 24.6 Å². The van der Waals surface area contributed by atoms with E-state index in [9.17, 15) is 0 Å². The van der Waals surface area contributed by atoms with E-state index in [-0.39, 0.29) is 0 Å². The van der Waals surface area contributed by atoms with Crippen molar-refractivity contribution in [2.75, 3.05) is 19.7 Å². The number of fused-ring (bicyclic) bond motifs is 1. The van der Waals surface area contributed by atoms with Crippen LogP contribution < -0.4 is 10.1 Å². The van der Waals surface area contributed by atoms with E-state index in [1.54, 1.807) is 0 Å². The monoisotopic (exact) mass is 283 g/mol. The Bertz CT molecular complexity index is 367. The molecule has 1 aliphatic heterocycles. The first-order chi connectivity index (χ1) is 7.72. The highest BCUT2D eigenvalue weighted by molar-refractivity contribution is 9.09. The molecule has 88 valence electrons. The van der Waals surface area contributed by atoms with Gasteiger partial charge in [0.2, 0.25) is 0 Å². The fourth-order valence-corrected chi connectivity index (χ4v) is 2.80. The number of nitrogens with one attached hydrogen (secondary N) is 1. The van der Waals surface area contributed by atoms with E-state index >= 15 is 0 Å². The molecule has 1 aliphatic rings. The molecule has 0 bridgehead atoms. The molecule has 0 saturated heterocycles. The van der Waals surface area contributed by atoms with Crippen LogP contribution in [0, 0.1) is 0 Å². The number of hydrogen-bond donors (Lipinski definition) is 1. The van der Waals surface area contributed by atoms with Crippen LogP contribution in [0.25, 0.3) is 0 Å². The lowest BCUT2D eigenvalue weighted by molar-refractivity contribution is 0.340. The highest BCUT2D eigenvalue weighted by Gasteiger charge is 2.20. The topological polar surface area (TPSA) is 21.3 Å². The molecule has 2 rings (SSSR count). The molecule has 1 heterocycles. The van der Waals surface area contributed by atoms with Crippen LogP contribution in [-0.2, 0) is 0 Å².